The van der Waals surface area contributed by atoms with Crippen molar-refractivity contribution in [2.24, 2.45) is 0 Å². The molecule has 2 aromatic heterocycles. The first-order chi connectivity index (χ1) is 12.8. The Morgan fingerprint density at radius 2 is 1.96 bits per heavy atom. The molecule has 1 amide bonds. The van der Waals surface area contributed by atoms with Gasteiger partial charge in [0.05, 0.1) is 30.7 Å². The summed E-state index contributed by atoms with van der Waals surface area (Å²) in [5, 5.41) is 10.0. The lowest BCUT2D eigenvalue weighted by Gasteiger charge is -2.09. The number of benzene rings is 1. The SMILES string of the molecule is COc1ccc(CC(=O)NCc2nnc3c(Cl)cc(C(F)(F)F)cn23)cc1. The monoisotopic (exact) mass is 398 g/mol. The molecule has 3 aromatic rings. The van der Waals surface area contributed by atoms with Gasteiger partial charge in [0.15, 0.2) is 11.5 Å². The van der Waals surface area contributed by atoms with Gasteiger partial charge < -0.3 is 10.1 Å². The van der Waals surface area contributed by atoms with Crippen molar-refractivity contribution in [2.75, 3.05) is 7.11 Å². The van der Waals surface area contributed by atoms with Crippen LogP contribution in [-0.4, -0.2) is 27.6 Å². The van der Waals surface area contributed by atoms with Crippen LogP contribution in [0.25, 0.3) is 5.65 Å². The minimum atomic E-state index is -4.56. The molecule has 0 bridgehead atoms. The van der Waals surface area contributed by atoms with E-state index in [2.05, 4.69) is 15.5 Å². The van der Waals surface area contributed by atoms with Crippen LogP contribution in [0, 0.1) is 0 Å². The largest absolute Gasteiger partial charge is 0.497 e. The summed E-state index contributed by atoms with van der Waals surface area (Å²) in [4.78, 5) is 12.1. The summed E-state index contributed by atoms with van der Waals surface area (Å²) in [6, 6.07) is 7.75. The standard InChI is InChI=1S/C17H14ClF3N4O2/c1-27-12-4-2-10(3-5-12)6-15(26)22-8-14-23-24-16-13(18)7-11(9-25(14)16)17(19,20)21/h2-5,7,9H,6,8H2,1H3,(H,22,26). The highest BCUT2D eigenvalue weighted by Crippen LogP contribution is 2.32. The number of ether oxygens (including phenoxy) is 1. The molecule has 0 radical (unpaired) electrons. The van der Waals surface area contributed by atoms with E-state index in [0.717, 1.165) is 22.2 Å². The Bertz CT molecular complexity index is 971. The van der Waals surface area contributed by atoms with E-state index in [1.54, 1.807) is 31.4 Å². The molecule has 0 aliphatic rings. The van der Waals surface area contributed by atoms with Gasteiger partial charge in [-0.25, -0.2) is 0 Å². The Hall–Kier alpha value is -2.81. The molecule has 6 nitrogen and oxygen atoms in total. The maximum absolute atomic E-state index is 13.0. The van der Waals surface area contributed by atoms with Crippen molar-refractivity contribution in [3.05, 3.63) is 58.5 Å². The van der Waals surface area contributed by atoms with Crippen LogP contribution in [-0.2, 0) is 23.9 Å². The van der Waals surface area contributed by atoms with Crippen LogP contribution >= 0.6 is 11.6 Å². The molecule has 0 aliphatic carbocycles. The van der Waals surface area contributed by atoms with Gasteiger partial charge >= 0.3 is 6.18 Å². The molecule has 0 unspecified atom stereocenters. The van der Waals surface area contributed by atoms with Gasteiger partial charge in [0, 0.05) is 6.20 Å². The van der Waals surface area contributed by atoms with Crippen LogP contribution in [0.5, 0.6) is 5.75 Å². The molecule has 0 saturated carbocycles. The van der Waals surface area contributed by atoms with Gasteiger partial charge in [-0.1, -0.05) is 23.7 Å². The van der Waals surface area contributed by atoms with Crippen LogP contribution < -0.4 is 10.1 Å². The Morgan fingerprint density at radius 1 is 1.26 bits per heavy atom. The van der Waals surface area contributed by atoms with E-state index in [4.69, 9.17) is 16.3 Å². The third kappa shape index (κ3) is 4.30. The molecule has 142 valence electrons. The molecule has 0 atom stereocenters. The zero-order chi connectivity index (χ0) is 19.6. The second kappa shape index (κ2) is 7.43. The predicted molar refractivity (Wildman–Crippen MR) is 91.5 cm³/mol. The average Bonchev–Trinajstić information content (AvgIpc) is 3.03. The number of hydrogen-bond acceptors (Lipinski definition) is 4. The number of fused-ring (bicyclic) bond motifs is 1. The summed E-state index contributed by atoms with van der Waals surface area (Å²) in [7, 11) is 1.54. The van der Waals surface area contributed by atoms with Crippen molar-refractivity contribution < 1.29 is 22.7 Å². The van der Waals surface area contributed by atoms with Crippen LogP contribution in [0.4, 0.5) is 13.2 Å². The van der Waals surface area contributed by atoms with E-state index in [-0.39, 0.29) is 35.4 Å². The molecule has 2 heterocycles. The second-order valence-corrected chi connectivity index (χ2v) is 6.09. The number of halogens is 4. The lowest BCUT2D eigenvalue weighted by Crippen LogP contribution is -2.25. The first-order valence-corrected chi connectivity index (χ1v) is 8.15. The summed E-state index contributed by atoms with van der Waals surface area (Å²) < 4.78 is 45.0. The van der Waals surface area contributed by atoms with Gasteiger partial charge in [0.2, 0.25) is 5.91 Å². The fraction of sp³-hybridized carbons (Fsp3) is 0.235. The highest BCUT2D eigenvalue weighted by atomic mass is 35.5. The van der Waals surface area contributed by atoms with Gasteiger partial charge in [-0.15, -0.1) is 10.2 Å². The third-order valence-electron chi connectivity index (χ3n) is 3.83. The number of carbonyl (C=O) groups is 1. The Morgan fingerprint density at radius 3 is 2.59 bits per heavy atom. The fourth-order valence-corrected chi connectivity index (χ4v) is 2.69. The smallest absolute Gasteiger partial charge is 0.417 e. The van der Waals surface area contributed by atoms with Gasteiger partial charge in [0.1, 0.15) is 5.75 Å². The van der Waals surface area contributed by atoms with Crippen molar-refractivity contribution >= 4 is 23.2 Å². The third-order valence-corrected chi connectivity index (χ3v) is 4.10. The summed E-state index contributed by atoms with van der Waals surface area (Å²) in [5.74, 6) is 0.502. The summed E-state index contributed by atoms with van der Waals surface area (Å²) in [6.45, 7) is -0.0895. The van der Waals surface area contributed by atoms with E-state index in [9.17, 15) is 18.0 Å². The molecular weight excluding hydrogens is 385 g/mol. The van der Waals surface area contributed by atoms with Crippen molar-refractivity contribution in [1.29, 1.82) is 0 Å². The Labute approximate surface area is 156 Å². The normalized spacial score (nSPS) is 11.6. The quantitative estimate of drug-likeness (QED) is 0.716. The number of hydrogen-bond donors (Lipinski definition) is 1. The Kier molecular flexibility index (Phi) is 5.22. The van der Waals surface area contributed by atoms with Crippen LogP contribution in [0.3, 0.4) is 0 Å². The second-order valence-electron chi connectivity index (χ2n) is 5.69. The Balaban J connectivity index is 1.72. The molecule has 3 rings (SSSR count). The van der Waals surface area contributed by atoms with Gasteiger partial charge in [-0.3, -0.25) is 9.20 Å². The van der Waals surface area contributed by atoms with Crippen LogP contribution in [0.15, 0.2) is 36.5 Å². The van der Waals surface area contributed by atoms with Crippen molar-refractivity contribution in [1.82, 2.24) is 19.9 Å². The summed E-state index contributed by atoms with van der Waals surface area (Å²) >= 11 is 5.86. The number of methoxy groups -OCH3 is 1. The summed E-state index contributed by atoms with van der Waals surface area (Å²) in [5.41, 5.74) is -0.0727. The molecule has 1 aromatic carbocycles. The molecule has 27 heavy (non-hydrogen) atoms. The average molecular weight is 399 g/mol. The molecule has 0 spiro atoms. The van der Waals surface area contributed by atoms with Crippen molar-refractivity contribution in [3.8, 4) is 5.75 Å². The van der Waals surface area contributed by atoms with Gasteiger partial charge in [0.25, 0.3) is 0 Å². The first kappa shape index (κ1) is 19.0. The van der Waals surface area contributed by atoms with E-state index < -0.39 is 11.7 Å². The zero-order valence-corrected chi connectivity index (χ0v) is 14.8. The van der Waals surface area contributed by atoms with E-state index in [0.29, 0.717) is 5.75 Å². The van der Waals surface area contributed by atoms with E-state index in [1.165, 1.54) is 0 Å². The zero-order valence-electron chi connectivity index (χ0n) is 14.0. The molecular formula is C17H14ClF3N4O2. The molecule has 10 heteroatoms. The lowest BCUT2D eigenvalue weighted by atomic mass is 10.1. The maximum atomic E-state index is 13.0. The number of rotatable bonds is 5. The number of alkyl halides is 3. The van der Waals surface area contributed by atoms with Gasteiger partial charge in [-0.2, -0.15) is 13.2 Å². The van der Waals surface area contributed by atoms with Gasteiger partial charge in [-0.05, 0) is 23.8 Å². The van der Waals surface area contributed by atoms with E-state index >= 15 is 0 Å². The number of amides is 1. The molecule has 0 aliphatic heterocycles. The van der Waals surface area contributed by atoms with Crippen molar-refractivity contribution in [3.63, 3.8) is 0 Å². The molecule has 0 fully saturated rings. The number of nitrogens with one attached hydrogen (secondary N) is 1. The van der Waals surface area contributed by atoms with Crippen molar-refractivity contribution in [2.45, 2.75) is 19.1 Å². The topological polar surface area (TPSA) is 68.5 Å². The number of carbonyl (C=O) groups excluding carboxylic acids is 1. The highest BCUT2D eigenvalue weighted by Gasteiger charge is 2.32. The van der Waals surface area contributed by atoms with Crippen LogP contribution in [0.1, 0.15) is 17.0 Å². The number of aromatic nitrogens is 3. The number of nitrogens with zero attached hydrogens (tertiary/aromatic N) is 3. The summed E-state index contributed by atoms with van der Waals surface area (Å²) in [6.07, 6.45) is -3.60. The fourth-order valence-electron chi connectivity index (χ4n) is 2.44. The minimum Gasteiger partial charge on any atom is -0.497 e. The first-order valence-electron chi connectivity index (χ1n) is 7.78. The van der Waals surface area contributed by atoms with Crippen LogP contribution in [0.2, 0.25) is 5.02 Å². The minimum absolute atomic E-state index is 0.0871. The predicted octanol–water partition coefficient (Wildman–Crippen LogP) is 3.27. The van der Waals surface area contributed by atoms with E-state index in [1.807, 2.05) is 0 Å². The highest BCUT2D eigenvalue weighted by molar-refractivity contribution is 6.33. The maximum Gasteiger partial charge on any atom is 0.417 e. The number of pyridine rings is 1. The lowest BCUT2D eigenvalue weighted by molar-refractivity contribution is -0.137. The molecule has 0 saturated heterocycles. The molecule has 1 N–H and O–H groups in total.